The number of nitro benzene ring substituents is 1. The van der Waals surface area contributed by atoms with Gasteiger partial charge >= 0.3 is 0 Å². The minimum Gasteiger partial charge on any atom is -0.267 e. The quantitative estimate of drug-likeness (QED) is 0.526. The number of hydrogen-bond acceptors (Lipinski definition) is 4. The Morgan fingerprint density at radius 2 is 1.87 bits per heavy atom. The van der Waals surface area contributed by atoms with E-state index < -0.39 is 10.8 Å². The molecule has 0 heterocycles. The van der Waals surface area contributed by atoms with Gasteiger partial charge in [-0.05, 0) is 37.6 Å². The van der Waals surface area contributed by atoms with Gasteiger partial charge in [0.15, 0.2) is 0 Å². The van der Waals surface area contributed by atoms with Gasteiger partial charge in [0, 0.05) is 16.7 Å². The van der Waals surface area contributed by atoms with Gasteiger partial charge in [-0.1, -0.05) is 29.8 Å². The Morgan fingerprint density at radius 1 is 1.22 bits per heavy atom. The molecular weight excluding hydrogens is 318 g/mol. The number of amides is 1. The first-order valence-corrected chi connectivity index (χ1v) is 7.12. The summed E-state index contributed by atoms with van der Waals surface area (Å²) in [5.41, 5.74) is 4.23. The molecule has 0 radical (unpaired) electrons. The Hall–Kier alpha value is -2.73. The lowest BCUT2D eigenvalue weighted by Crippen LogP contribution is -2.20. The molecule has 2 rings (SSSR count). The third-order valence-electron chi connectivity index (χ3n) is 3.33. The molecule has 2 aromatic rings. The van der Waals surface area contributed by atoms with E-state index in [1.165, 1.54) is 25.1 Å². The van der Waals surface area contributed by atoms with Crippen LogP contribution in [0.15, 0.2) is 47.6 Å². The average molecular weight is 332 g/mol. The van der Waals surface area contributed by atoms with Gasteiger partial charge in [0.05, 0.1) is 16.2 Å². The highest BCUT2D eigenvalue weighted by Crippen LogP contribution is 2.20. The van der Waals surface area contributed by atoms with Crippen molar-refractivity contribution in [3.8, 4) is 0 Å². The van der Waals surface area contributed by atoms with Gasteiger partial charge in [-0.2, -0.15) is 5.10 Å². The second-order valence-electron chi connectivity index (χ2n) is 4.85. The van der Waals surface area contributed by atoms with Crippen molar-refractivity contribution in [1.29, 1.82) is 0 Å². The molecule has 0 aliphatic heterocycles. The minimum absolute atomic E-state index is 0.101. The number of hydrogen-bond donors (Lipinski definition) is 1. The summed E-state index contributed by atoms with van der Waals surface area (Å²) in [5, 5.41) is 15.5. The fourth-order valence-corrected chi connectivity index (χ4v) is 2.14. The number of carbonyl (C=O) groups is 1. The zero-order chi connectivity index (χ0) is 17.0. The largest absolute Gasteiger partial charge is 0.273 e. The highest BCUT2D eigenvalue weighted by atomic mass is 35.5. The predicted octanol–water partition coefficient (Wildman–Crippen LogP) is 3.71. The van der Waals surface area contributed by atoms with Gasteiger partial charge in [-0.15, -0.1) is 0 Å². The lowest BCUT2D eigenvalue weighted by Gasteiger charge is -2.06. The Kier molecular flexibility index (Phi) is 5.08. The molecule has 0 aliphatic carbocycles. The summed E-state index contributed by atoms with van der Waals surface area (Å²) in [6.07, 6.45) is 0. The zero-order valence-electron chi connectivity index (χ0n) is 12.5. The zero-order valence-corrected chi connectivity index (χ0v) is 13.3. The van der Waals surface area contributed by atoms with Crippen LogP contribution in [0.2, 0.25) is 5.02 Å². The van der Waals surface area contributed by atoms with Gasteiger partial charge in [0.25, 0.3) is 11.6 Å². The van der Waals surface area contributed by atoms with Crippen molar-refractivity contribution in [3.05, 3.63) is 74.3 Å². The summed E-state index contributed by atoms with van der Waals surface area (Å²) >= 11 is 5.82. The van der Waals surface area contributed by atoms with Crippen molar-refractivity contribution >= 4 is 28.9 Å². The third-order valence-corrected chi connectivity index (χ3v) is 3.59. The van der Waals surface area contributed by atoms with Crippen LogP contribution in [0.1, 0.15) is 28.4 Å². The first kappa shape index (κ1) is 16.6. The first-order valence-electron chi connectivity index (χ1n) is 6.74. The Bertz CT molecular complexity index is 786. The normalized spacial score (nSPS) is 11.2. The minimum atomic E-state index is -0.520. The van der Waals surface area contributed by atoms with Crippen LogP contribution in [0.3, 0.4) is 0 Å². The highest BCUT2D eigenvalue weighted by Gasteiger charge is 2.17. The molecule has 1 N–H and O–H groups in total. The van der Waals surface area contributed by atoms with E-state index in [1.54, 1.807) is 31.2 Å². The Morgan fingerprint density at radius 3 is 2.48 bits per heavy atom. The molecule has 0 aromatic heterocycles. The van der Waals surface area contributed by atoms with Gasteiger partial charge in [0.2, 0.25) is 0 Å². The van der Waals surface area contributed by atoms with E-state index in [9.17, 15) is 14.9 Å². The number of rotatable bonds is 4. The fourth-order valence-electron chi connectivity index (χ4n) is 2.02. The van der Waals surface area contributed by atoms with Crippen LogP contribution >= 0.6 is 11.6 Å². The van der Waals surface area contributed by atoms with Gasteiger partial charge < -0.3 is 0 Å². The maximum absolute atomic E-state index is 12.2. The molecule has 0 unspecified atom stereocenters. The molecule has 0 saturated heterocycles. The topological polar surface area (TPSA) is 84.6 Å². The van der Waals surface area contributed by atoms with Crippen molar-refractivity contribution < 1.29 is 9.72 Å². The van der Waals surface area contributed by atoms with E-state index in [0.29, 0.717) is 16.3 Å². The lowest BCUT2D eigenvalue weighted by molar-refractivity contribution is -0.385. The lowest BCUT2D eigenvalue weighted by atomic mass is 10.1. The molecule has 0 fully saturated rings. The molecule has 0 aliphatic rings. The van der Waals surface area contributed by atoms with Crippen LogP contribution < -0.4 is 5.43 Å². The first-order chi connectivity index (χ1) is 10.9. The van der Waals surface area contributed by atoms with Gasteiger partial charge in [-0.25, -0.2) is 5.43 Å². The van der Waals surface area contributed by atoms with Crippen LogP contribution in [0.5, 0.6) is 0 Å². The molecule has 0 saturated carbocycles. The maximum Gasteiger partial charge on any atom is 0.273 e. The molecule has 7 heteroatoms. The summed E-state index contributed by atoms with van der Waals surface area (Å²) in [6.45, 7) is 3.27. The molecule has 0 atom stereocenters. The second kappa shape index (κ2) is 7.02. The van der Waals surface area contributed by atoms with E-state index in [1.807, 2.05) is 0 Å². The Labute approximate surface area is 137 Å². The fraction of sp³-hybridized carbons (Fsp3) is 0.125. The van der Waals surface area contributed by atoms with E-state index in [-0.39, 0.29) is 11.3 Å². The molecule has 118 valence electrons. The number of nitro groups is 1. The molecule has 6 nitrogen and oxygen atoms in total. The SMILES string of the molecule is C/C(=N/NC(=O)c1cccc([N+](=O)[O-])c1C)c1ccc(Cl)cc1. The van der Waals surface area contributed by atoms with E-state index >= 15 is 0 Å². The van der Waals surface area contributed by atoms with Crippen molar-refractivity contribution in [2.45, 2.75) is 13.8 Å². The van der Waals surface area contributed by atoms with Crippen LogP contribution in [-0.2, 0) is 0 Å². The van der Waals surface area contributed by atoms with Gasteiger partial charge in [-0.3, -0.25) is 14.9 Å². The molecule has 0 spiro atoms. The number of benzene rings is 2. The van der Waals surface area contributed by atoms with Crippen molar-refractivity contribution in [2.75, 3.05) is 0 Å². The van der Waals surface area contributed by atoms with E-state index in [2.05, 4.69) is 10.5 Å². The predicted molar refractivity (Wildman–Crippen MR) is 89.0 cm³/mol. The summed E-state index contributed by atoms with van der Waals surface area (Å²) in [4.78, 5) is 22.6. The third kappa shape index (κ3) is 3.92. The van der Waals surface area contributed by atoms with Crippen molar-refractivity contribution in [2.24, 2.45) is 5.10 Å². The molecule has 1 amide bonds. The molecule has 23 heavy (non-hydrogen) atoms. The summed E-state index contributed by atoms with van der Waals surface area (Å²) in [7, 11) is 0. The average Bonchev–Trinajstić information content (AvgIpc) is 2.53. The molecule has 2 aromatic carbocycles. The molecule has 0 bridgehead atoms. The molecular formula is C16H14ClN3O3. The summed E-state index contributed by atoms with van der Waals surface area (Å²) in [5.74, 6) is -0.500. The van der Waals surface area contributed by atoms with Crippen LogP contribution in [0.4, 0.5) is 5.69 Å². The highest BCUT2D eigenvalue weighted by molar-refractivity contribution is 6.30. The van der Waals surface area contributed by atoms with Crippen molar-refractivity contribution in [1.82, 2.24) is 5.43 Å². The van der Waals surface area contributed by atoms with Crippen LogP contribution in [0, 0.1) is 17.0 Å². The summed E-state index contributed by atoms with van der Waals surface area (Å²) < 4.78 is 0. The van der Waals surface area contributed by atoms with E-state index in [0.717, 1.165) is 5.56 Å². The van der Waals surface area contributed by atoms with Crippen LogP contribution in [0.25, 0.3) is 0 Å². The number of carbonyl (C=O) groups excluding carboxylic acids is 1. The van der Waals surface area contributed by atoms with E-state index in [4.69, 9.17) is 11.6 Å². The van der Waals surface area contributed by atoms with Crippen LogP contribution in [-0.4, -0.2) is 16.5 Å². The number of nitrogens with zero attached hydrogens (tertiary/aromatic N) is 2. The Balaban J connectivity index is 2.19. The van der Waals surface area contributed by atoms with Gasteiger partial charge in [0.1, 0.15) is 0 Å². The monoisotopic (exact) mass is 331 g/mol. The smallest absolute Gasteiger partial charge is 0.267 e. The number of hydrazone groups is 1. The standard InChI is InChI=1S/C16H14ClN3O3/c1-10-14(4-3-5-15(10)20(22)23)16(21)19-18-11(2)12-6-8-13(17)9-7-12/h3-9H,1-2H3,(H,19,21)/b18-11-. The number of nitrogens with one attached hydrogen (secondary N) is 1. The van der Waals surface area contributed by atoms with Crippen molar-refractivity contribution in [3.63, 3.8) is 0 Å². The summed E-state index contributed by atoms with van der Waals surface area (Å²) in [6, 6.07) is 11.4. The second-order valence-corrected chi connectivity index (χ2v) is 5.29. The maximum atomic E-state index is 12.2. The number of halogens is 1.